The molecule has 2 heterocycles. The van der Waals surface area contributed by atoms with Crippen molar-refractivity contribution < 1.29 is 27.8 Å². The largest absolute Gasteiger partial charge is 0.455 e. The summed E-state index contributed by atoms with van der Waals surface area (Å²) in [5.74, 6) is -0.759. The van der Waals surface area contributed by atoms with Crippen LogP contribution in [-0.2, 0) is 4.74 Å². The molecule has 0 bridgehead atoms. The Labute approximate surface area is 138 Å². The molecular formula is C14H14BrF3N2O3. The average Bonchev–Trinajstić information content (AvgIpc) is 2.77. The molecule has 0 aliphatic rings. The van der Waals surface area contributed by atoms with Gasteiger partial charge in [-0.15, -0.1) is 0 Å². The predicted molar refractivity (Wildman–Crippen MR) is 79.1 cm³/mol. The van der Waals surface area contributed by atoms with E-state index < -0.39 is 29.4 Å². The maximum atomic E-state index is 12.8. The molecule has 9 heteroatoms. The van der Waals surface area contributed by atoms with E-state index in [1.165, 1.54) is 16.8 Å². The van der Waals surface area contributed by atoms with Gasteiger partial charge in [-0.05, 0) is 42.8 Å². The molecule has 1 unspecified atom stereocenters. The molecule has 0 saturated heterocycles. The van der Waals surface area contributed by atoms with Gasteiger partial charge in [0.25, 0.3) is 0 Å². The first-order chi connectivity index (χ1) is 10.4. The fourth-order valence-corrected chi connectivity index (χ4v) is 2.36. The lowest BCUT2D eigenvalue weighted by molar-refractivity contribution is -0.206. The Balaban J connectivity index is 2.53. The Morgan fingerprint density at radius 1 is 1.35 bits per heavy atom. The lowest BCUT2D eigenvalue weighted by Crippen LogP contribution is -2.24. The highest BCUT2D eigenvalue weighted by Crippen LogP contribution is 2.35. The van der Waals surface area contributed by atoms with Crippen molar-refractivity contribution in [3.63, 3.8) is 0 Å². The standard InChI is InChI=1S/C14H14BrF3N2O3/c1-13(2,3)23-12(22)9-6-20-5-7(15)4-8(11(20)19-9)10(21)14(16,17)18/h4-6,10,21H,1-3H3. The molecule has 0 spiro atoms. The number of nitrogens with zero attached hydrogens (tertiary/aromatic N) is 2. The van der Waals surface area contributed by atoms with Crippen molar-refractivity contribution in [3.8, 4) is 0 Å². The Hall–Kier alpha value is -1.61. The van der Waals surface area contributed by atoms with Gasteiger partial charge in [0.2, 0.25) is 0 Å². The second kappa shape index (κ2) is 5.79. The Kier molecular flexibility index (Phi) is 4.46. The third-order valence-corrected chi connectivity index (χ3v) is 3.19. The molecule has 2 rings (SSSR count). The molecule has 1 atom stereocenters. The maximum Gasteiger partial charge on any atom is 0.418 e. The number of aromatic nitrogens is 2. The van der Waals surface area contributed by atoms with Crippen molar-refractivity contribution in [1.29, 1.82) is 0 Å². The van der Waals surface area contributed by atoms with Gasteiger partial charge < -0.3 is 14.2 Å². The van der Waals surface area contributed by atoms with Crippen molar-refractivity contribution in [2.75, 3.05) is 0 Å². The number of carbonyl (C=O) groups is 1. The molecule has 23 heavy (non-hydrogen) atoms. The fraction of sp³-hybridized carbons (Fsp3) is 0.429. The van der Waals surface area contributed by atoms with Gasteiger partial charge in [-0.25, -0.2) is 9.78 Å². The topological polar surface area (TPSA) is 63.8 Å². The number of carbonyl (C=O) groups excluding carboxylic acids is 1. The van der Waals surface area contributed by atoms with Crippen molar-refractivity contribution >= 4 is 27.5 Å². The zero-order chi connectivity index (χ0) is 17.6. The fourth-order valence-electron chi connectivity index (χ4n) is 1.90. The van der Waals surface area contributed by atoms with Gasteiger partial charge in [-0.1, -0.05) is 0 Å². The first-order valence-corrected chi connectivity index (χ1v) is 7.34. The summed E-state index contributed by atoms with van der Waals surface area (Å²) in [5.41, 5.74) is -1.53. The molecule has 0 amide bonds. The Morgan fingerprint density at radius 2 is 1.96 bits per heavy atom. The van der Waals surface area contributed by atoms with E-state index in [0.717, 1.165) is 6.07 Å². The molecule has 0 saturated carbocycles. The number of imidazole rings is 1. The van der Waals surface area contributed by atoms with E-state index >= 15 is 0 Å². The minimum Gasteiger partial charge on any atom is -0.455 e. The van der Waals surface area contributed by atoms with E-state index in [2.05, 4.69) is 20.9 Å². The summed E-state index contributed by atoms with van der Waals surface area (Å²) in [7, 11) is 0. The van der Waals surface area contributed by atoms with Gasteiger partial charge in [-0.3, -0.25) is 0 Å². The van der Waals surface area contributed by atoms with Crippen LogP contribution in [0.15, 0.2) is 22.9 Å². The third-order valence-electron chi connectivity index (χ3n) is 2.76. The molecule has 126 valence electrons. The first kappa shape index (κ1) is 17.7. The predicted octanol–water partition coefficient (Wildman–Crippen LogP) is 3.65. The molecule has 0 aliphatic carbocycles. The van der Waals surface area contributed by atoms with Gasteiger partial charge in [-0.2, -0.15) is 13.2 Å². The number of rotatable bonds is 2. The molecular weight excluding hydrogens is 381 g/mol. The first-order valence-electron chi connectivity index (χ1n) is 6.55. The molecule has 0 radical (unpaired) electrons. The summed E-state index contributed by atoms with van der Waals surface area (Å²) in [6.45, 7) is 4.99. The monoisotopic (exact) mass is 394 g/mol. The van der Waals surface area contributed by atoms with Crippen LogP contribution < -0.4 is 0 Å². The number of aliphatic hydroxyl groups excluding tert-OH is 1. The summed E-state index contributed by atoms with van der Waals surface area (Å²) in [6.07, 6.45) is -4.88. The Bertz CT molecular complexity index is 750. The van der Waals surface area contributed by atoms with Crippen LogP contribution in [0.2, 0.25) is 0 Å². The number of esters is 1. The summed E-state index contributed by atoms with van der Waals surface area (Å²) < 4.78 is 45.0. The van der Waals surface area contributed by atoms with Gasteiger partial charge in [0.05, 0.1) is 0 Å². The summed E-state index contributed by atoms with van der Waals surface area (Å²) in [5, 5.41) is 9.50. The van der Waals surface area contributed by atoms with E-state index in [4.69, 9.17) is 4.74 Å². The highest BCUT2D eigenvalue weighted by atomic mass is 79.9. The van der Waals surface area contributed by atoms with Crippen molar-refractivity contribution in [2.45, 2.75) is 38.7 Å². The van der Waals surface area contributed by atoms with E-state index in [0.29, 0.717) is 4.47 Å². The average molecular weight is 395 g/mol. The van der Waals surface area contributed by atoms with Crippen LogP contribution in [-0.4, -0.2) is 32.2 Å². The van der Waals surface area contributed by atoms with Crippen LogP contribution in [0, 0.1) is 0 Å². The van der Waals surface area contributed by atoms with E-state index in [1.807, 2.05) is 0 Å². The Morgan fingerprint density at radius 3 is 2.48 bits per heavy atom. The normalized spacial score (nSPS) is 14.1. The van der Waals surface area contributed by atoms with Crippen LogP contribution in [0.5, 0.6) is 0 Å². The number of ether oxygens (including phenoxy) is 1. The van der Waals surface area contributed by atoms with Crippen molar-refractivity contribution in [2.24, 2.45) is 0 Å². The lowest BCUT2D eigenvalue weighted by Gasteiger charge is -2.18. The SMILES string of the molecule is CC(C)(C)OC(=O)c1cn2cc(Br)cc(C(O)C(F)(F)F)c2n1. The number of hydrogen-bond acceptors (Lipinski definition) is 4. The van der Waals surface area contributed by atoms with Crippen LogP contribution in [0.4, 0.5) is 13.2 Å². The number of aliphatic hydroxyl groups is 1. The summed E-state index contributed by atoms with van der Waals surface area (Å²) in [6, 6.07) is 1.11. The molecule has 0 aromatic carbocycles. The number of pyridine rings is 1. The molecule has 5 nitrogen and oxygen atoms in total. The highest BCUT2D eigenvalue weighted by Gasteiger charge is 2.41. The van der Waals surface area contributed by atoms with Crippen molar-refractivity contribution in [1.82, 2.24) is 9.38 Å². The molecule has 0 aliphatic heterocycles. The zero-order valence-electron chi connectivity index (χ0n) is 12.5. The van der Waals surface area contributed by atoms with Crippen LogP contribution >= 0.6 is 15.9 Å². The number of alkyl halides is 3. The highest BCUT2D eigenvalue weighted by molar-refractivity contribution is 9.10. The van der Waals surface area contributed by atoms with Crippen LogP contribution in [0.3, 0.4) is 0 Å². The molecule has 2 aromatic rings. The zero-order valence-corrected chi connectivity index (χ0v) is 14.1. The molecule has 1 N–H and O–H groups in total. The van der Waals surface area contributed by atoms with E-state index in [-0.39, 0.29) is 11.3 Å². The van der Waals surface area contributed by atoms with Gasteiger partial charge in [0.15, 0.2) is 11.8 Å². The smallest absolute Gasteiger partial charge is 0.418 e. The number of hydrogen-bond donors (Lipinski definition) is 1. The minimum absolute atomic E-state index is 0.145. The number of fused-ring (bicyclic) bond motifs is 1. The molecule has 2 aromatic heterocycles. The van der Waals surface area contributed by atoms with Gasteiger partial charge in [0.1, 0.15) is 11.2 Å². The van der Waals surface area contributed by atoms with Gasteiger partial charge in [0, 0.05) is 22.4 Å². The van der Waals surface area contributed by atoms with Crippen LogP contribution in [0.1, 0.15) is 42.9 Å². The number of halogens is 4. The van der Waals surface area contributed by atoms with Crippen molar-refractivity contribution in [3.05, 3.63) is 34.2 Å². The third kappa shape index (κ3) is 4.03. The lowest BCUT2D eigenvalue weighted by atomic mass is 10.1. The van der Waals surface area contributed by atoms with E-state index in [1.54, 1.807) is 20.8 Å². The second-order valence-corrected chi connectivity index (χ2v) is 6.83. The van der Waals surface area contributed by atoms with E-state index in [9.17, 15) is 23.1 Å². The molecule has 0 fully saturated rings. The van der Waals surface area contributed by atoms with Crippen LogP contribution in [0.25, 0.3) is 5.65 Å². The summed E-state index contributed by atoms with van der Waals surface area (Å²) in [4.78, 5) is 15.9. The summed E-state index contributed by atoms with van der Waals surface area (Å²) >= 11 is 3.07. The maximum absolute atomic E-state index is 12.8. The quantitative estimate of drug-likeness (QED) is 0.789. The second-order valence-electron chi connectivity index (χ2n) is 5.92. The minimum atomic E-state index is -4.85. The van der Waals surface area contributed by atoms with Gasteiger partial charge >= 0.3 is 12.1 Å².